The summed E-state index contributed by atoms with van der Waals surface area (Å²) in [6.45, 7) is -14.1. The molecule has 0 amide bonds. The lowest BCUT2D eigenvalue weighted by Crippen LogP contribution is -2.41. The van der Waals surface area contributed by atoms with Gasteiger partial charge in [0, 0.05) is 101 Å². The number of aryl methyl sites for hydroxylation is 5. The second kappa shape index (κ2) is 49.1. The van der Waals surface area contributed by atoms with Crippen LogP contribution in [0.1, 0.15) is 85.0 Å². The third kappa shape index (κ3) is 27.5. The number of thiol groups is 3. The summed E-state index contributed by atoms with van der Waals surface area (Å²) in [6.07, 6.45) is -31.8. The Kier molecular flexibility index (Phi) is 38.8. The second-order valence-corrected chi connectivity index (χ2v) is 44.6. The summed E-state index contributed by atoms with van der Waals surface area (Å²) in [5, 5.41) is 11.8. The highest BCUT2D eigenvalue weighted by Crippen LogP contribution is 2.62. The molecule has 0 aliphatic carbocycles. The number of phosphoric ester groups is 2. The lowest BCUT2D eigenvalue weighted by molar-refractivity contribution is -0.0840. The van der Waals surface area contributed by atoms with Gasteiger partial charge in [-0.3, -0.25) is 112 Å². The van der Waals surface area contributed by atoms with Crippen LogP contribution in [0.3, 0.4) is 0 Å². The molecule has 0 aromatic carbocycles. The Bertz CT molecular complexity index is 6490. The molecule has 60 nitrogen and oxygen atoms in total. The zero-order valence-electron chi connectivity index (χ0n) is 78.7. The standard InChI is InChI=1S/C76H112N17O43P5S3/c1-12-40-41(23-47(126-40)88-26-37(4)62(95)85-74(88)101)132-139(108,142)124-32-45-51(55(117-19-14-112-8)67(129-45)91-27-38(5)63(96)86-75(91)102)134-137(104,105)121-30-43-50(56(118-20-15-113-9)70(131-43)93-34-80-48-61(93)83-71(79)84-65(48)98)133-138(106,107)122-31-44-52(57(119-21-16-114-10)68(128-44)90-25-36(3)60(78)82-73(90)100)135-141(110,144)125-33-46-53(58(120-22-17-115-11)69(130-46)92-28-39(6)64(97)87-76(92)103)136-140(109,143)123-29-42-49(94)54(116-18-13-111-7)66(127-42)89-24-35(2)59(77)81-72(89)99/h24-28,34,40-47,49-58,66-70,94H,12-23,29-33H2,1-11H3,(H,104,105)(H,106,107)(H,108,142)(H,109,143)(H,110,144)(H2,77,81,99)(H2,78,82,100)(H,85,95,101)(H,86,96,102)(H,87,97,103)(H3,79,83,84,98)/t40-,41-,42-,43-,44-,45-,46-,47-,49+,50+,51+,52+,53+,54?,55?,56?,57?,58?,66-,67-,68-,69-,70-,139?,140?,141?/m1/s1. The van der Waals surface area contributed by atoms with Crippen LogP contribution in [0.4, 0.5) is 17.6 Å². The van der Waals surface area contributed by atoms with Crippen molar-refractivity contribution >= 4 is 102 Å². The number of imidazole rings is 1. The number of ether oxygens (including phenoxy) is 16. The Hall–Kier alpha value is -7.41. The molecule has 13 heterocycles. The highest BCUT2D eigenvalue weighted by atomic mass is 32.7. The number of hydrogen-bond acceptors (Lipinski definition) is 48. The maximum Gasteiger partial charge on any atom is 0.472 e. The van der Waals surface area contributed by atoms with Crippen LogP contribution in [0.2, 0.25) is 0 Å². The van der Waals surface area contributed by atoms with Crippen molar-refractivity contribution in [3.63, 3.8) is 0 Å². The molecule has 0 spiro atoms. The number of fused-ring (bicyclic) bond motifs is 1. The number of methoxy groups -OCH3 is 5. The number of nitrogen functional groups attached to an aromatic ring is 3. The van der Waals surface area contributed by atoms with Crippen LogP contribution in [-0.2, 0) is 144 Å². The minimum atomic E-state index is -5.99. The van der Waals surface area contributed by atoms with Gasteiger partial charge in [0.15, 0.2) is 42.3 Å². The first-order valence-electron chi connectivity index (χ1n) is 44.0. The average Bonchev–Trinajstić information content (AvgIpc) is 1.60. The van der Waals surface area contributed by atoms with Crippen molar-refractivity contribution in [1.82, 2.24) is 67.3 Å². The van der Waals surface area contributed by atoms with Gasteiger partial charge in [0.25, 0.3) is 22.2 Å². The number of nitrogens with zero attached hydrogens (tertiary/aromatic N) is 10. The molecule has 13 rings (SSSR count). The van der Waals surface area contributed by atoms with E-state index in [2.05, 4.69) is 76.6 Å². The number of H-pyrrole nitrogens is 4. The number of aliphatic hydroxyl groups excluding tert-OH is 1. The first kappa shape index (κ1) is 114. The molecule has 0 saturated carbocycles. The quantitative estimate of drug-likeness (QED) is 0.0131. The minimum Gasteiger partial charge on any atom is -0.387 e. The molecule has 6 fully saturated rings. The predicted octanol–water partition coefficient (Wildman–Crippen LogP) is -0.400. The Morgan fingerprint density at radius 2 is 0.715 bits per heavy atom. The maximum absolute atomic E-state index is 15.6. The minimum absolute atomic E-state index is 0.0163. The molecule has 6 aliphatic heterocycles. The number of rotatable bonds is 52. The van der Waals surface area contributed by atoms with E-state index in [1.807, 2.05) is 0 Å². The summed E-state index contributed by atoms with van der Waals surface area (Å²) in [5.74, 6) is -0.817. The fourth-order valence-electron chi connectivity index (χ4n) is 16.2. The van der Waals surface area contributed by atoms with Crippen molar-refractivity contribution in [2.24, 2.45) is 0 Å². The third-order valence-corrected chi connectivity index (χ3v) is 30.1. The summed E-state index contributed by atoms with van der Waals surface area (Å²) >= 11 is 13.0. The number of nitrogens with two attached hydrogens (primary N) is 3. The van der Waals surface area contributed by atoms with Crippen LogP contribution in [0, 0.1) is 34.6 Å². The van der Waals surface area contributed by atoms with Crippen molar-refractivity contribution in [2.45, 2.75) is 196 Å². The van der Waals surface area contributed by atoms with E-state index in [-0.39, 0.29) is 111 Å². The number of hydrogen-bond donors (Lipinski definition) is 13. The first-order valence-corrected chi connectivity index (χ1v) is 55.1. The maximum atomic E-state index is 15.6. The van der Waals surface area contributed by atoms with E-state index >= 15 is 13.7 Å². The van der Waals surface area contributed by atoms with Crippen LogP contribution in [0.5, 0.6) is 0 Å². The summed E-state index contributed by atoms with van der Waals surface area (Å²) in [4.78, 5) is 169. The van der Waals surface area contributed by atoms with Crippen LogP contribution < -0.4 is 67.9 Å². The molecular formula is C76H112N17O43P5S3. The van der Waals surface area contributed by atoms with Gasteiger partial charge in [-0.1, -0.05) is 43.7 Å². The number of aromatic nitrogens is 14. The van der Waals surface area contributed by atoms with E-state index in [0.717, 1.165) is 46.1 Å². The van der Waals surface area contributed by atoms with E-state index in [1.54, 1.807) is 13.8 Å². The molecule has 68 heteroatoms. The Morgan fingerprint density at radius 1 is 0.389 bits per heavy atom. The van der Waals surface area contributed by atoms with Gasteiger partial charge in [-0.15, -0.1) is 0 Å². The smallest absolute Gasteiger partial charge is 0.387 e. The van der Waals surface area contributed by atoms with E-state index in [0.29, 0.717) is 5.56 Å². The Labute approximate surface area is 829 Å². The van der Waals surface area contributed by atoms with Gasteiger partial charge in [0.1, 0.15) is 109 Å². The molecule has 6 saturated heterocycles. The molecule has 802 valence electrons. The van der Waals surface area contributed by atoms with Crippen molar-refractivity contribution in [3.8, 4) is 0 Å². The van der Waals surface area contributed by atoms with E-state index in [9.17, 15) is 67.2 Å². The number of aromatic amines is 4. The first-order chi connectivity index (χ1) is 68.2. The Balaban J connectivity index is 0.804. The summed E-state index contributed by atoms with van der Waals surface area (Å²) in [6, 6.07) is 0. The van der Waals surface area contributed by atoms with Gasteiger partial charge < -0.3 is 108 Å². The van der Waals surface area contributed by atoms with Crippen LogP contribution in [0.15, 0.2) is 80.5 Å². The highest BCUT2D eigenvalue weighted by molar-refractivity contribution is 8.45. The molecule has 13 N–H and O–H groups in total. The number of anilines is 3. The van der Waals surface area contributed by atoms with Crippen molar-refractivity contribution < 1.29 is 159 Å². The molecule has 7 aromatic rings. The number of nitrogens with one attached hydrogen (secondary N) is 4. The SMILES string of the molecule is CC[C@H]1O[C@@H](n2cc(C)c(=O)[nH]c2=O)C[C@H]1OP(=O)(S)OC[C@H]1O[C@@H](n2cc(C)c(=O)[nH]c2=O)C(OCCOC)[C@H]1OP(=O)(O)OC[C@H]1O[C@@H](n2cnc3c(=O)[nH]c(N)nc32)C(OCCOC)[C@H]1OP(=O)(O)OC[C@H]1O[C@@H](n2cc(C)c(N)nc2=O)C(OCCOC)[C@H]1OP(=O)(S)OC[C@H]1O[C@@H](n2cc(C)c(=O)[nH]c2=O)C(OCCOC)[C@H]1OP(=O)(S)OC[C@H]1O[C@@H](n2cc(C)c(N)nc2=O)C(OCCOC)[C@H]1O. The number of phosphoric acid groups is 2. The van der Waals surface area contributed by atoms with Gasteiger partial charge in [-0.05, 0) is 41.0 Å². The largest absolute Gasteiger partial charge is 0.472 e. The van der Waals surface area contributed by atoms with E-state index < -0.39 is 280 Å². The third-order valence-electron chi connectivity index (χ3n) is 23.2. The number of aliphatic hydroxyl groups is 1. The van der Waals surface area contributed by atoms with Crippen molar-refractivity contribution in [3.05, 3.63) is 159 Å². The van der Waals surface area contributed by atoms with Crippen LogP contribution >= 0.6 is 72.8 Å². The fourth-order valence-corrected chi connectivity index (χ4v) is 22.6. The zero-order chi connectivity index (χ0) is 105. The monoisotopic (exact) mass is 2200 g/mol. The molecule has 144 heavy (non-hydrogen) atoms. The van der Waals surface area contributed by atoms with E-state index in [1.165, 1.54) is 81.8 Å². The Morgan fingerprint density at radius 3 is 1.11 bits per heavy atom. The highest BCUT2D eigenvalue weighted by Gasteiger charge is 2.59. The van der Waals surface area contributed by atoms with Gasteiger partial charge in [-0.25, -0.2) is 51.8 Å². The van der Waals surface area contributed by atoms with Crippen molar-refractivity contribution in [1.29, 1.82) is 0 Å². The predicted molar refractivity (Wildman–Crippen MR) is 502 cm³/mol. The van der Waals surface area contributed by atoms with Crippen LogP contribution in [-0.4, -0.2) is 321 Å². The lowest BCUT2D eigenvalue weighted by Gasteiger charge is -2.29. The zero-order valence-corrected chi connectivity index (χ0v) is 85.9. The summed E-state index contributed by atoms with van der Waals surface area (Å²) in [7, 11) is -5.31. The molecule has 28 atom stereocenters. The molecule has 0 bridgehead atoms. The molecule has 7 aromatic heterocycles. The fraction of sp³-hybridized carbons (Fsp3) is 0.671. The van der Waals surface area contributed by atoms with Gasteiger partial charge in [0.05, 0.1) is 118 Å². The van der Waals surface area contributed by atoms with E-state index in [4.69, 9.17) is 138 Å². The normalized spacial score (nSPS) is 29.2. The second-order valence-electron chi connectivity index (χ2n) is 33.2. The summed E-state index contributed by atoms with van der Waals surface area (Å²) < 4.78 is 237. The van der Waals surface area contributed by atoms with Crippen LogP contribution in [0.25, 0.3) is 11.2 Å². The topological polar surface area (TPSA) is 762 Å². The molecule has 6 aliphatic rings. The lowest BCUT2D eigenvalue weighted by atomic mass is 10.1. The van der Waals surface area contributed by atoms with Gasteiger partial charge in [-0.2, -0.15) is 15.0 Å². The average molecular weight is 2200 g/mol. The molecule has 10 unspecified atom stereocenters. The van der Waals surface area contributed by atoms with Gasteiger partial charge in [0.2, 0.25) is 5.95 Å². The molecular weight excluding hydrogens is 2090 g/mol. The van der Waals surface area contributed by atoms with Gasteiger partial charge >= 0.3 is 64.5 Å². The molecule has 0 radical (unpaired) electrons. The van der Waals surface area contributed by atoms with Crippen molar-refractivity contribution in [2.75, 3.05) is 152 Å². The summed E-state index contributed by atoms with van der Waals surface area (Å²) in [5.41, 5.74) is 9.75.